The molecular weight excluding hydrogens is 340 g/mol. The highest BCUT2D eigenvalue weighted by Crippen LogP contribution is 2.31. The molecule has 6 nitrogen and oxygen atoms in total. The number of nitrogens with one attached hydrogen (secondary N) is 1. The molecule has 0 atom stereocenters. The number of benzene rings is 1. The molecule has 2 aliphatic rings. The molecule has 1 amide bonds. The van der Waals surface area contributed by atoms with Gasteiger partial charge in [0, 0.05) is 51.0 Å². The van der Waals surface area contributed by atoms with Gasteiger partial charge in [0.15, 0.2) is 0 Å². The summed E-state index contributed by atoms with van der Waals surface area (Å²) >= 11 is 0. The molecule has 27 heavy (non-hydrogen) atoms. The van der Waals surface area contributed by atoms with Crippen LogP contribution in [0.2, 0.25) is 0 Å². The van der Waals surface area contributed by atoms with Crippen molar-refractivity contribution >= 4 is 23.4 Å². The number of pyridine rings is 1. The minimum absolute atomic E-state index is 0.101. The molecule has 140 valence electrons. The Morgan fingerprint density at radius 3 is 2.67 bits per heavy atom. The molecule has 0 aliphatic carbocycles. The van der Waals surface area contributed by atoms with Gasteiger partial charge in [-0.15, -0.1) is 0 Å². The van der Waals surface area contributed by atoms with Crippen molar-refractivity contribution in [3.63, 3.8) is 0 Å². The van der Waals surface area contributed by atoms with Crippen LogP contribution in [0.5, 0.6) is 0 Å². The molecule has 1 fully saturated rings. The molecule has 0 spiro atoms. The number of fused-ring (bicyclic) bond motifs is 1. The van der Waals surface area contributed by atoms with Crippen molar-refractivity contribution in [2.24, 2.45) is 0 Å². The summed E-state index contributed by atoms with van der Waals surface area (Å²) in [5.74, 6) is 0.530. The standard InChI is InChI=1S/C21H24N4O2/c26-13-12-24-8-10-25(11-9-24)15-17-5-2-1-4-16(17)14-19-18-6-3-7-22-20(18)23-21(19)27/h1-7,14,26H,8-13,15H2,(H,22,23,27). The normalized spacial score (nSPS) is 19.3. The Morgan fingerprint density at radius 2 is 1.85 bits per heavy atom. The Labute approximate surface area is 159 Å². The lowest BCUT2D eigenvalue weighted by Crippen LogP contribution is -2.46. The highest BCUT2D eigenvalue weighted by Gasteiger charge is 2.25. The number of aromatic nitrogens is 1. The van der Waals surface area contributed by atoms with Crippen molar-refractivity contribution in [3.05, 3.63) is 59.3 Å². The van der Waals surface area contributed by atoms with Crippen molar-refractivity contribution in [1.82, 2.24) is 14.8 Å². The van der Waals surface area contributed by atoms with E-state index in [1.807, 2.05) is 30.3 Å². The predicted molar refractivity (Wildman–Crippen MR) is 106 cm³/mol. The van der Waals surface area contributed by atoms with Gasteiger partial charge in [0.1, 0.15) is 5.82 Å². The van der Waals surface area contributed by atoms with Crippen LogP contribution in [-0.2, 0) is 11.3 Å². The maximum Gasteiger partial charge on any atom is 0.257 e. The van der Waals surface area contributed by atoms with Gasteiger partial charge < -0.3 is 10.4 Å². The van der Waals surface area contributed by atoms with Crippen LogP contribution in [-0.4, -0.2) is 65.1 Å². The van der Waals surface area contributed by atoms with Crippen molar-refractivity contribution in [1.29, 1.82) is 0 Å². The summed E-state index contributed by atoms with van der Waals surface area (Å²) < 4.78 is 0. The van der Waals surface area contributed by atoms with Gasteiger partial charge in [0.25, 0.3) is 5.91 Å². The first-order valence-corrected chi connectivity index (χ1v) is 9.36. The zero-order valence-corrected chi connectivity index (χ0v) is 15.3. The first-order chi connectivity index (χ1) is 13.2. The number of carbonyl (C=O) groups excluding carboxylic acids is 1. The van der Waals surface area contributed by atoms with Crippen LogP contribution in [0.25, 0.3) is 11.6 Å². The minimum Gasteiger partial charge on any atom is -0.395 e. The average molecular weight is 364 g/mol. The number of hydrogen-bond donors (Lipinski definition) is 2. The Morgan fingerprint density at radius 1 is 1.07 bits per heavy atom. The summed E-state index contributed by atoms with van der Waals surface area (Å²) in [5, 5.41) is 11.9. The van der Waals surface area contributed by atoms with E-state index < -0.39 is 0 Å². The zero-order valence-electron chi connectivity index (χ0n) is 15.3. The third-order valence-corrected chi connectivity index (χ3v) is 5.20. The molecule has 6 heteroatoms. The van der Waals surface area contributed by atoms with Gasteiger partial charge in [-0.05, 0) is 29.3 Å². The molecular formula is C21H24N4O2. The highest BCUT2D eigenvalue weighted by atomic mass is 16.3. The van der Waals surface area contributed by atoms with Crippen molar-refractivity contribution in [2.45, 2.75) is 6.54 Å². The number of aliphatic hydroxyl groups is 1. The van der Waals surface area contributed by atoms with Crippen molar-refractivity contribution < 1.29 is 9.90 Å². The summed E-state index contributed by atoms with van der Waals surface area (Å²) in [6, 6.07) is 12.0. The maximum absolute atomic E-state index is 12.4. The second kappa shape index (κ2) is 8.00. The molecule has 3 heterocycles. The van der Waals surface area contributed by atoms with E-state index in [0.29, 0.717) is 11.4 Å². The maximum atomic E-state index is 12.4. The van der Waals surface area contributed by atoms with Crippen LogP contribution in [0.4, 0.5) is 5.82 Å². The first kappa shape index (κ1) is 17.9. The SMILES string of the molecule is O=C1Nc2ncccc2C1=Cc1ccccc1CN1CCN(CCO)CC1. The lowest BCUT2D eigenvalue weighted by molar-refractivity contribution is -0.110. The van der Waals surface area contributed by atoms with E-state index in [1.165, 1.54) is 5.56 Å². The van der Waals surface area contributed by atoms with Crippen molar-refractivity contribution in [3.8, 4) is 0 Å². The van der Waals surface area contributed by atoms with E-state index in [9.17, 15) is 4.79 Å². The smallest absolute Gasteiger partial charge is 0.257 e. The fraction of sp³-hybridized carbons (Fsp3) is 0.333. The van der Waals surface area contributed by atoms with Gasteiger partial charge in [-0.1, -0.05) is 24.3 Å². The second-order valence-corrected chi connectivity index (χ2v) is 6.95. The van der Waals surface area contributed by atoms with Crippen LogP contribution in [0.1, 0.15) is 16.7 Å². The van der Waals surface area contributed by atoms with Gasteiger partial charge >= 0.3 is 0 Å². The third kappa shape index (κ3) is 3.93. The fourth-order valence-electron chi connectivity index (χ4n) is 3.69. The van der Waals surface area contributed by atoms with Gasteiger partial charge in [0.05, 0.1) is 12.2 Å². The number of amides is 1. The van der Waals surface area contributed by atoms with E-state index in [2.05, 4.69) is 32.2 Å². The first-order valence-electron chi connectivity index (χ1n) is 9.36. The number of β-amino-alcohol motifs (C(OH)–C–C–N with tert-alkyl or cyclic N) is 1. The van der Waals surface area contributed by atoms with E-state index in [4.69, 9.17) is 5.11 Å². The largest absolute Gasteiger partial charge is 0.395 e. The number of rotatable bonds is 5. The lowest BCUT2D eigenvalue weighted by Gasteiger charge is -2.34. The van der Waals surface area contributed by atoms with E-state index >= 15 is 0 Å². The molecule has 0 bridgehead atoms. The fourth-order valence-corrected chi connectivity index (χ4v) is 3.69. The van der Waals surface area contributed by atoms with Crippen LogP contribution < -0.4 is 5.32 Å². The number of aliphatic hydroxyl groups excluding tert-OH is 1. The van der Waals surface area contributed by atoms with Crippen LogP contribution in [0, 0.1) is 0 Å². The summed E-state index contributed by atoms with van der Waals surface area (Å²) in [7, 11) is 0. The Hall–Kier alpha value is -2.54. The third-order valence-electron chi connectivity index (χ3n) is 5.20. The molecule has 1 aromatic heterocycles. The summed E-state index contributed by atoms with van der Waals surface area (Å²) in [4.78, 5) is 21.3. The topological polar surface area (TPSA) is 68.7 Å². The number of carbonyl (C=O) groups is 1. The average Bonchev–Trinajstić information content (AvgIpc) is 3.00. The molecule has 4 rings (SSSR count). The van der Waals surface area contributed by atoms with Crippen LogP contribution >= 0.6 is 0 Å². The summed E-state index contributed by atoms with van der Waals surface area (Å²) in [5.41, 5.74) is 3.80. The van der Waals surface area contributed by atoms with Gasteiger partial charge in [-0.25, -0.2) is 4.98 Å². The van der Waals surface area contributed by atoms with Gasteiger partial charge in [-0.2, -0.15) is 0 Å². The Kier molecular flexibility index (Phi) is 5.29. The van der Waals surface area contributed by atoms with E-state index in [-0.39, 0.29) is 12.5 Å². The quantitative estimate of drug-likeness (QED) is 0.790. The highest BCUT2D eigenvalue weighted by molar-refractivity contribution is 6.34. The van der Waals surface area contributed by atoms with E-state index in [1.54, 1.807) is 6.20 Å². The minimum atomic E-state index is -0.101. The zero-order chi connectivity index (χ0) is 18.6. The van der Waals surface area contributed by atoms with Gasteiger partial charge in [-0.3, -0.25) is 14.6 Å². The molecule has 0 saturated carbocycles. The molecule has 0 radical (unpaired) electrons. The van der Waals surface area contributed by atoms with Gasteiger partial charge in [0.2, 0.25) is 0 Å². The molecule has 2 N–H and O–H groups in total. The van der Waals surface area contributed by atoms with Crippen molar-refractivity contribution in [2.75, 3.05) is 44.6 Å². The van der Waals surface area contributed by atoms with E-state index in [0.717, 1.165) is 50.4 Å². The molecule has 2 aromatic rings. The molecule has 1 saturated heterocycles. The lowest BCUT2D eigenvalue weighted by atomic mass is 10.0. The van der Waals surface area contributed by atoms with Crippen LogP contribution in [0.15, 0.2) is 42.6 Å². The number of nitrogens with zero attached hydrogens (tertiary/aromatic N) is 3. The Balaban J connectivity index is 1.53. The molecule has 1 aromatic carbocycles. The molecule has 2 aliphatic heterocycles. The summed E-state index contributed by atoms with van der Waals surface area (Å²) in [6.45, 7) is 5.75. The number of hydrogen-bond acceptors (Lipinski definition) is 5. The number of anilines is 1. The summed E-state index contributed by atoms with van der Waals surface area (Å²) in [6.07, 6.45) is 3.66. The predicted octanol–water partition coefficient (Wildman–Crippen LogP) is 1.68. The number of piperazine rings is 1. The Bertz CT molecular complexity index is 857. The molecule has 0 unspecified atom stereocenters. The monoisotopic (exact) mass is 364 g/mol. The van der Waals surface area contributed by atoms with Crippen LogP contribution in [0.3, 0.4) is 0 Å². The second-order valence-electron chi connectivity index (χ2n) is 6.95.